The molecule has 1 fully saturated rings. The van der Waals surface area contributed by atoms with Crippen LogP contribution in [0.3, 0.4) is 0 Å². The van der Waals surface area contributed by atoms with Crippen molar-refractivity contribution in [2.45, 2.75) is 312 Å². The molecule has 0 N–H and O–H groups in total. The summed E-state index contributed by atoms with van der Waals surface area (Å²) in [6.45, 7) is 36.6. The molecule has 658 valence electrons. The molecule has 8 heteroatoms. The number of aryl methyl sites for hydroxylation is 3. The monoisotopic (exact) mass is 1670 g/mol. The van der Waals surface area contributed by atoms with E-state index in [0.29, 0.717) is 54.6 Å². The topological polar surface area (TPSA) is 73.8 Å². The quantitative estimate of drug-likeness (QED) is 0.0747. The molecule has 0 radical (unpaired) electrons. The van der Waals surface area contributed by atoms with Gasteiger partial charge in [0, 0.05) is 13.5 Å². The molecule has 8 aliphatic carbocycles. The summed E-state index contributed by atoms with van der Waals surface area (Å²) in [6, 6.07) is 90.3. The molecule has 0 amide bonds. The van der Waals surface area contributed by atoms with Crippen LogP contribution in [-0.2, 0) is 63.6 Å². The lowest BCUT2D eigenvalue weighted by Crippen LogP contribution is -2.20. The molecule has 1 saturated carbocycles. The SMILES string of the molecule is CC(C)C(C)OC1CCc2ccccc21.CC(C)C(C)OC1c2ccccc2-c2ccccc21.CC(C)OC1CCc2ccccc21.CC(C)OC1Cc2cccc3cccc1c23.CC(C)OC1c2ccccc2-c2ccccc21.CCC(C)OC1CCc2ccccc21.CCC(C)OC1c2ccccc2-c2ccccc21.COC(C)C1CCCCCCC1. The minimum absolute atomic E-state index is 0.0878. The van der Waals surface area contributed by atoms with Gasteiger partial charge in [-0.2, -0.15) is 0 Å². The molecule has 8 aliphatic rings. The summed E-state index contributed by atoms with van der Waals surface area (Å²) in [5, 5.41) is 2.75. The van der Waals surface area contributed by atoms with Gasteiger partial charge in [0.05, 0.1) is 73.2 Å². The van der Waals surface area contributed by atoms with E-state index in [2.05, 4.69) is 372 Å². The molecule has 0 heterocycles. The van der Waals surface area contributed by atoms with Crippen molar-refractivity contribution in [3.05, 3.63) is 333 Å². The molecule has 0 bridgehead atoms. The number of ether oxygens (including phenoxy) is 8. The molecule has 11 aromatic rings. The van der Waals surface area contributed by atoms with Crippen LogP contribution in [0.1, 0.15) is 315 Å². The van der Waals surface area contributed by atoms with Crippen LogP contribution in [-0.4, -0.2) is 55.9 Å². The van der Waals surface area contributed by atoms with E-state index < -0.39 is 0 Å². The van der Waals surface area contributed by atoms with Crippen LogP contribution >= 0.6 is 0 Å². The molecule has 9 atom stereocenters. The maximum Gasteiger partial charge on any atom is 0.109 e. The Bertz CT molecular complexity index is 4940. The van der Waals surface area contributed by atoms with E-state index in [-0.39, 0.29) is 48.8 Å². The highest BCUT2D eigenvalue weighted by Gasteiger charge is 2.35. The Kier molecular flexibility index (Phi) is 35.6. The van der Waals surface area contributed by atoms with E-state index in [1.165, 1.54) is 186 Å². The normalized spacial score (nSPS) is 18.5. The Morgan fingerprint density at radius 1 is 0.266 bits per heavy atom. The third-order valence-electron chi connectivity index (χ3n) is 26.3. The van der Waals surface area contributed by atoms with Gasteiger partial charge in [0.2, 0.25) is 0 Å². The van der Waals surface area contributed by atoms with E-state index in [1.807, 2.05) is 7.11 Å². The van der Waals surface area contributed by atoms with Crippen molar-refractivity contribution in [1.29, 1.82) is 0 Å². The Morgan fingerprint density at radius 2 is 0.565 bits per heavy atom. The van der Waals surface area contributed by atoms with Crippen molar-refractivity contribution in [2.24, 2.45) is 17.8 Å². The minimum Gasteiger partial charge on any atom is -0.381 e. The van der Waals surface area contributed by atoms with Crippen LogP contribution in [0.15, 0.2) is 255 Å². The molecular weight excluding hydrogens is 1520 g/mol. The Balaban J connectivity index is 0.000000130. The zero-order valence-corrected chi connectivity index (χ0v) is 78.2. The summed E-state index contributed by atoms with van der Waals surface area (Å²) in [5.74, 6) is 1.95. The van der Waals surface area contributed by atoms with Crippen LogP contribution in [0.4, 0.5) is 0 Å². The summed E-state index contributed by atoms with van der Waals surface area (Å²) in [7, 11) is 1.84. The molecule has 124 heavy (non-hydrogen) atoms. The van der Waals surface area contributed by atoms with Crippen molar-refractivity contribution in [1.82, 2.24) is 0 Å². The Morgan fingerprint density at radius 3 is 0.944 bits per heavy atom. The fraction of sp³-hybridized carbons (Fsp3) is 0.448. The van der Waals surface area contributed by atoms with Gasteiger partial charge in [-0.15, -0.1) is 0 Å². The van der Waals surface area contributed by atoms with Gasteiger partial charge < -0.3 is 37.9 Å². The van der Waals surface area contributed by atoms with Crippen LogP contribution in [0.5, 0.6) is 0 Å². The molecule has 0 saturated heterocycles. The Hall–Kier alpha value is -8.64. The van der Waals surface area contributed by atoms with E-state index in [0.717, 1.165) is 44.4 Å². The highest BCUT2D eigenvalue weighted by atomic mass is 16.5. The second-order valence-corrected chi connectivity index (χ2v) is 36.9. The lowest BCUT2D eigenvalue weighted by molar-refractivity contribution is -0.0255. The molecule has 9 unspecified atom stereocenters. The largest absolute Gasteiger partial charge is 0.381 e. The maximum atomic E-state index is 6.33. The molecule has 8 nitrogen and oxygen atoms in total. The number of rotatable bonds is 20. The Labute approximate surface area is 747 Å². The first-order valence-electron chi connectivity index (χ1n) is 47.5. The third-order valence-corrected chi connectivity index (χ3v) is 26.3. The number of fused-ring (bicyclic) bond motifs is 12. The van der Waals surface area contributed by atoms with Crippen LogP contribution in [0.25, 0.3) is 44.2 Å². The average molecular weight is 1670 g/mol. The highest BCUT2D eigenvalue weighted by Crippen LogP contribution is 2.50. The van der Waals surface area contributed by atoms with E-state index in [4.69, 9.17) is 37.9 Å². The molecule has 11 aromatic carbocycles. The fourth-order valence-corrected chi connectivity index (χ4v) is 18.6. The van der Waals surface area contributed by atoms with Crippen LogP contribution < -0.4 is 0 Å². The summed E-state index contributed by atoms with van der Waals surface area (Å²) in [4.78, 5) is 0. The first kappa shape index (κ1) is 94.5. The summed E-state index contributed by atoms with van der Waals surface area (Å²) < 4.78 is 47.9. The fourth-order valence-electron chi connectivity index (χ4n) is 18.6. The van der Waals surface area contributed by atoms with Gasteiger partial charge in [-0.05, 0) is 280 Å². The van der Waals surface area contributed by atoms with E-state index >= 15 is 0 Å². The first-order chi connectivity index (χ1) is 60.1. The third kappa shape index (κ3) is 24.6. The van der Waals surface area contributed by atoms with Gasteiger partial charge >= 0.3 is 0 Å². The van der Waals surface area contributed by atoms with Crippen molar-refractivity contribution < 1.29 is 37.9 Å². The number of hydrogen-bond acceptors (Lipinski definition) is 8. The minimum atomic E-state index is 0.0878. The summed E-state index contributed by atoms with van der Waals surface area (Å²) in [6.07, 6.45) is 24.2. The summed E-state index contributed by atoms with van der Waals surface area (Å²) in [5.41, 5.74) is 27.1. The zero-order chi connectivity index (χ0) is 87.8. The van der Waals surface area contributed by atoms with E-state index in [9.17, 15) is 0 Å². The van der Waals surface area contributed by atoms with E-state index in [1.54, 1.807) is 0 Å². The second-order valence-electron chi connectivity index (χ2n) is 36.9. The average Bonchev–Trinajstić information content (AvgIpc) is 2.50. The van der Waals surface area contributed by atoms with Crippen LogP contribution in [0, 0.1) is 17.8 Å². The smallest absolute Gasteiger partial charge is 0.109 e. The predicted octanol–water partition coefficient (Wildman–Crippen LogP) is 31.1. The molecule has 19 rings (SSSR count). The lowest BCUT2D eigenvalue weighted by atomic mass is 9.88. The van der Waals surface area contributed by atoms with Crippen LogP contribution in [0.2, 0.25) is 0 Å². The number of benzene rings is 11. The van der Waals surface area contributed by atoms with Crippen molar-refractivity contribution in [2.75, 3.05) is 7.11 Å². The van der Waals surface area contributed by atoms with Gasteiger partial charge in [0.1, 0.15) is 18.3 Å². The lowest BCUT2D eigenvalue weighted by Gasteiger charge is -2.24. The highest BCUT2D eigenvalue weighted by molar-refractivity contribution is 5.91. The molecular formula is C116H146O8. The van der Waals surface area contributed by atoms with Crippen molar-refractivity contribution >= 4 is 10.8 Å². The second kappa shape index (κ2) is 46.7. The number of hydrogen-bond donors (Lipinski definition) is 0. The van der Waals surface area contributed by atoms with Gasteiger partial charge in [-0.25, -0.2) is 0 Å². The van der Waals surface area contributed by atoms with Gasteiger partial charge in [-0.3, -0.25) is 0 Å². The standard InChI is InChI=1S/C18H20O.C17H18O.C16H16O.C15H16O.C14H20O.C13H18O.C12H16O.C11H22O/c1-12(2)13(3)19-18-16-10-6-4-8-14(16)15-9-5-7-11-17(15)18;1-3-12(2)18-17-15-10-6-4-8-13(15)14-9-5-7-11-16(14)17;1-11(2)17-16-14-9-5-3-7-12(14)13-8-4-6-10-15(13)16;1-10(2)16-14-9-12-7-3-5-11-6-4-8-13(14)15(11)12;1-10(2)11(3)15-14-9-8-12-6-4-5-7-13(12)14;1-3-10(2)14-13-9-8-11-6-4-5-7-12(11)13;1-9(2)13-12-8-7-10-5-3-4-6-11(10)12;1-10(12-2)11-8-6-4-3-5-7-9-11/h4-13,18H,1-3H3;4-12,17H,3H2,1-2H3;3-11,16H,1-2H3;3-8,10,14H,9H2,1-2H3;4-7,10-11,14H,8-9H2,1-3H3;4-7,10,13H,3,8-9H2,1-2H3;3-6,9,12H,7-8H2,1-2H3;10-11H,3-9H2,1-2H3. The molecule has 0 spiro atoms. The predicted molar refractivity (Wildman–Crippen MR) is 517 cm³/mol. The van der Waals surface area contributed by atoms with Gasteiger partial charge in [-0.1, -0.05) is 328 Å². The van der Waals surface area contributed by atoms with Crippen molar-refractivity contribution in [3.8, 4) is 33.4 Å². The first-order valence-corrected chi connectivity index (χ1v) is 47.5. The van der Waals surface area contributed by atoms with Gasteiger partial charge in [0.25, 0.3) is 0 Å². The maximum absolute atomic E-state index is 6.33. The molecule has 0 aliphatic heterocycles. The van der Waals surface area contributed by atoms with Crippen molar-refractivity contribution in [3.63, 3.8) is 0 Å². The zero-order valence-electron chi connectivity index (χ0n) is 78.2. The molecule has 0 aromatic heterocycles. The summed E-state index contributed by atoms with van der Waals surface area (Å²) >= 11 is 0. The number of methoxy groups -OCH3 is 1. The van der Waals surface area contributed by atoms with Gasteiger partial charge in [0.15, 0.2) is 0 Å².